The summed E-state index contributed by atoms with van der Waals surface area (Å²) in [7, 11) is 1.61. The molecule has 1 unspecified atom stereocenters. The van der Waals surface area contributed by atoms with Gasteiger partial charge < -0.3 is 10.1 Å². The van der Waals surface area contributed by atoms with E-state index in [1.54, 1.807) is 7.11 Å². The first-order valence-electron chi connectivity index (χ1n) is 6.06. The molecule has 1 N–H and O–H groups in total. The Morgan fingerprint density at radius 3 is 2.31 bits per heavy atom. The van der Waals surface area contributed by atoms with Crippen molar-refractivity contribution < 1.29 is 9.53 Å². The third kappa shape index (κ3) is 7.07. The van der Waals surface area contributed by atoms with E-state index in [-0.39, 0.29) is 17.2 Å². The van der Waals surface area contributed by atoms with Crippen molar-refractivity contribution in [2.75, 3.05) is 20.3 Å². The lowest BCUT2D eigenvalue weighted by molar-refractivity contribution is -0.125. The van der Waals surface area contributed by atoms with Crippen LogP contribution in [-0.4, -0.2) is 31.5 Å². The Hall–Kier alpha value is -0.280. The van der Waals surface area contributed by atoms with Gasteiger partial charge in [0.1, 0.15) is 0 Å². The molecule has 3 nitrogen and oxygen atoms in total. The van der Waals surface area contributed by atoms with Crippen molar-refractivity contribution >= 4 is 17.5 Å². The second-order valence-corrected chi connectivity index (χ2v) is 4.69. The van der Waals surface area contributed by atoms with Crippen molar-refractivity contribution in [2.45, 2.75) is 44.9 Å². The fraction of sp³-hybridized carbons (Fsp3) is 0.917. The summed E-state index contributed by atoms with van der Waals surface area (Å²) in [6, 6.07) is 0. The number of methoxy groups -OCH3 is 1. The molecule has 0 aromatic heterocycles. The molecule has 0 spiro atoms. The number of ether oxygens (including phenoxy) is 1. The molecule has 0 aliphatic carbocycles. The van der Waals surface area contributed by atoms with Crippen LogP contribution in [0.1, 0.15) is 39.5 Å². The third-order valence-electron chi connectivity index (χ3n) is 2.49. The van der Waals surface area contributed by atoms with Gasteiger partial charge in [-0.05, 0) is 12.8 Å². The maximum atomic E-state index is 11.8. The number of halogens is 1. The number of hydrogen-bond donors (Lipinski definition) is 1. The summed E-state index contributed by atoms with van der Waals surface area (Å²) in [5, 5.41) is 2.75. The van der Waals surface area contributed by atoms with Gasteiger partial charge in [0, 0.05) is 19.6 Å². The van der Waals surface area contributed by atoms with Gasteiger partial charge in [-0.2, -0.15) is 0 Å². The zero-order chi connectivity index (χ0) is 12.4. The number of hydrogen-bond acceptors (Lipinski definition) is 2. The monoisotopic (exact) mass is 249 g/mol. The Morgan fingerprint density at radius 2 is 1.88 bits per heavy atom. The minimum absolute atomic E-state index is 0.130. The molecule has 0 aromatic carbocycles. The molecule has 16 heavy (non-hydrogen) atoms. The summed E-state index contributed by atoms with van der Waals surface area (Å²) in [5.41, 5.74) is 0. The van der Waals surface area contributed by atoms with Crippen LogP contribution < -0.4 is 5.32 Å². The van der Waals surface area contributed by atoms with E-state index < -0.39 is 0 Å². The molecule has 0 saturated heterocycles. The zero-order valence-electron chi connectivity index (χ0n) is 10.6. The van der Waals surface area contributed by atoms with E-state index in [1.807, 2.05) is 0 Å². The first-order chi connectivity index (χ1) is 7.65. The maximum Gasteiger partial charge on any atom is 0.223 e. The average molecular weight is 250 g/mol. The standard InChI is InChI=1S/C12H24ClNO2/c1-4-6-10(7-5-2)12(15)14-8-11(13)9-16-3/h10-11H,4-9H2,1-3H3,(H,14,15). The van der Waals surface area contributed by atoms with Crippen molar-refractivity contribution in [2.24, 2.45) is 5.92 Å². The van der Waals surface area contributed by atoms with Gasteiger partial charge in [0.2, 0.25) is 5.91 Å². The van der Waals surface area contributed by atoms with Crippen molar-refractivity contribution in [1.82, 2.24) is 5.32 Å². The van der Waals surface area contributed by atoms with E-state index in [0.29, 0.717) is 13.2 Å². The van der Waals surface area contributed by atoms with Crippen molar-refractivity contribution in [3.05, 3.63) is 0 Å². The second kappa shape index (κ2) is 9.91. The number of alkyl halides is 1. The Morgan fingerprint density at radius 1 is 1.31 bits per heavy atom. The molecule has 0 bridgehead atoms. The quantitative estimate of drug-likeness (QED) is 0.638. The van der Waals surface area contributed by atoms with Crippen LogP contribution in [0.4, 0.5) is 0 Å². The molecular weight excluding hydrogens is 226 g/mol. The van der Waals surface area contributed by atoms with Gasteiger partial charge in [-0.1, -0.05) is 26.7 Å². The Balaban J connectivity index is 3.90. The van der Waals surface area contributed by atoms with E-state index in [4.69, 9.17) is 16.3 Å². The molecule has 1 atom stereocenters. The van der Waals surface area contributed by atoms with Crippen molar-refractivity contribution in [3.63, 3.8) is 0 Å². The van der Waals surface area contributed by atoms with Gasteiger partial charge in [0.15, 0.2) is 0 Å². The number of nitrogens with one attached hydrogen (secondary N) is 1. The summed E-state index contributed by atoms with van der Waals surface area (Å²) in [6.45, 7) is 5.16. The topological polar surface area (TPSA) is 38.3 Å². The fourth-order valence-corrected chi connectivity index (χ4v) is 1.90. The van der Waals surface area contributed by atoms with E-state index in [9.17, 15) is 4.79 Å². The van der Waals surface area contributed by atoms with Gasteiger partial charge in [0.05, 0.1) is 12.0 Å². The lowest BCUT2D eigenvalue weighted by Crippen LogP contribution is -2.36. The molecule has 4 heteroatoms. The van der Waals surface area contributed by atoms with Crippen LogP contribution in [0.5, 0.6) is 0 Å². The van der Waals surface area contributed by atoms with Gasteiger partial charge in [-0.25, -0.2) is 0 Å². The number of rotatable bonds is 9. The normalized spacial score (nSPS) is 12.8. The molecule has 0 aromatic rings. The summed E-state index contributed by atoms with van der Waals surface area (Å²) in [4.78, 5) is 11.8. The molecule has 0 aliphatic rings. The van der Waals surface area contributed by atoms with Crippen molar-refractivity contribution in [3.8, 4) is 0 Å². The predicted molar refractivity (Wildman–Crippen MR) is 67.8 cm³/mol. The first kappa shape index (κ1) is 15.7. The minimum Gasteiger partial charge on any atom is -0.383 e. The predicted octanol–water partition coefficient (Wildman–Crippen LogP) is 2.57. The summed E-state index contributed by atoms with van der Waals surface area (Å²) >= 11 is 5.94. The second-order valence-electron chi connectivity index (χ2n) is 4.07. The van der Waals surface area contributed by atoms with E-state index in [1.165, 1.54) is 0 Å². The number of amides is 1. The van der Waals surface area contributed by atoms with Crippen LogP contribution in [0, 0.1) is 5.92 Å². The van der Waals surface area contributed by atoms with Crippen LogP contribution in [0.3, 0.4) is 0 Å². The highest BCUT2D eigenvalue weighted by Gasteiger charge is 2.17. The van der Waals surface area contributed by atoms with E-state index >= 15 is 0 Å². The van der Waals surface area contributed by atoms with Crippen LogP contribution in [0.25, 0.3) is 0 Å². The highest BCUT2D eigenvalue weighted by atomic mass is 35.5. The van der Waals surface area contributed by atoms with Crippen molar-refractivity contribution in [1.29, 1.82) is 0 Å². The largest absolute Gasteiger partial charge is 0.383 e. The van der Waals surface area contributed by atoms with Crippen LogP contribution >= 0.6 is 11.6 Å². The van der Waals surface area contributed by atoms with E-state index in [0.717, 1.165) is 25.7 Å². The summed E-state index contributed by atoms with van der Waals surface area (Å²) in [5.74, 6) is 0.270. The Bertz CT molecular complexity index is 182. The van der Waals surface area contributed by atoms with Gasteiger partial charge in [0.25, 0.3) is 0 Å². The molecule has 0 aliphatic heterocycles. The maximum absolute atomic E-state index is 11.8. The molecule has 0 radical (unpaired) electrons. The lowest BCUT2D eigenvalue weighted by Gasteiger charge is -2.16. The minimum atomic E-state index is -0.141. The smallest absolute Gasteiger partial charge is 0.223 e. The molecule has 0 heterocycles. The Kier molecular flexibility index (Phi) is 9.74. The van der Waals surface area contributed by atoms with E-state index in [2.05, 4.69) is 19.2 Å². The number of carbonyl (C=O) groups excluding carboxylic acids is 1. The van der Waals surface area contributed by atoms with Gasteiger partial charge >= 0.3 is 0 Å². The third-order valence-corrected chi connectivity index (χ3v) is 2.77. The summed E-state index contributed by atoms with van der Waals surface area (Å²) < 4.78 is 4.91. The highest BCUT2D eigenvalue weighted by Crippen LogP contribution is 2.13. The molecule has 1 amide bonds. The molecule has 0 fully saturated rings. The SMILES string of the molecule is CCCC(CCC)C(=O)NCC(Cl)COC. The first-order valence-corrected chi connectivity index (χ1v) is 6.50. The van der Waals surface area contributed by atoms with Crippen LogP contribution in [0.2, 0.25) is 0 Å². The molecule has 0 saturated carbocycles. The average Bonchev–Trinajstić information content (AvgIpc) is 2.26. The molecular formula is C12H24ClNO2. The van der Waals surface area contributed by atoms with Gasteiger partial charge in [-0.3, -0.25) is 4.79 Å². The highest BCUT2D eigenvalue weighted by molar-refractivity contribution is 6.21. The van der Waals surface area contributed by atoms with Crippen LogP contribution in [-0.2, 0) is 9.53 Å². The summed E-state index contributed by atoms with van der Waals surface area (Å²) in [6.07, 6.45) is 3.99. The Labute approximate surface area is 104 Å². The van der Waals surface area contributed by atoms with Crippen LogP contribution in [0.15, 0.2) is 0 Å². The molecule has 96 valence electrons. The lowest BCUT2D eigenvalue weighted by atomic mass is 9.97. The zero-order valence-corrected chi connectivity index (χ0v) is 11.3. The number of carbonyl (C=O) groups is 1. The fourth-order valence-electron chi connectivity index (χ4n) is 1.70. The molecule has 0 rings (SSSR count). The van der Waals surface area contributed by atoms with Gasteiger partial charge in [-0.15, -0.1) is 11.6 Å².